The van der Waals surface area contributed by atoms with Crippen molar-refractivity contribution < 1.29 is 0 Å². The molecule has 0 saturated heterocycles. The lowest BCUT2D eigenvalue weighted by molar-refractivity contribution is 0.604. The molecule has 0 spiro atoms. The molecule has 2 aromatic rings. The van der Waals surface area contributed by atoms with Gasteiger partial charge in [-0.25, -0.2) is 4.98 Å². The van der Waals surface area contributed by atoms with Gasteiger partial charge < -0.3 is 10.3 Å². The Balaban J connectivity index is 2.08. The molecule has 0 bridgehead atoms. The normalized spacial score (nSPS) is 15.2. The van der Waals surface area contributed by atoms with E-state index in [0.717, 1.165) is 29.4 Å². The van der Waals surface area contributed by atoms with E-state index in [9.17, 15) is 0 Å². The van der Waals surface area contributed by atoms with E-state index in [1.54, 1.807) is 6.07 Å². The third-order valence-corrected chi connectivity index (χ3v) is 4.34. The van der Waals surface area contributed by atoms with Crippen molar-refractivity contribution in [3.63, 3.8) is 0 Å². The van der Waals surface area contributed by atoms with Gasteiger partial charge in [-0.1, -0.05) is 25.0 Å². The average molecular weight is 280 g/mol. The van der Waals surface area contributed by atoms with Crippen LogP contribution in [0.4, 0.5) is 5.82 Å². The molecule has 1 aromatic heterocycles. The van der Waals surface area contributed by atoms with Crippen LogP contribution in [0.25, 0.3) is 11.3 Å². The van der Waals surface area contributed by atoms with Crippen LogP contribution in [-0.4, -0.2) is 9.55 Å². The Kier molecular flexibility index (Phi) is 3.66. The highest BCUT2D eigenvalue weighted by atomic mass is 15.1. The van der Waals surface area contributed by atoms with Crippen molar-refractivity contribution in [3.8, 4) is 17.3 Å². The molecule has 108 valence electrons. The SMILES string of the molecule is CCn1c(C2CCCC2)nc(-c2cccc(C#N)c2)c1N. The molecule has 0 radical (unpaired) electrons. The van der Waals surface area contributed by atoms with Crippen molar-refractivity contribution in [1.82, 2.24) is 9.55 Å². The highest BCUT2D eigenvalue weighted by molar-refractivity contribution is 5.72. The molecular formula is C17H20N4. The van der Waals surface area contributed by atoms with E-state index in [1.165, 1.54) is 25.7 Å². The number of nitrogens with two attached hydrogens (primary N) is 1. The van der Waals surface area contributed by atoms with Crippen molar-refractivity contribution in [2.45, 2.75) is 45.1 Å². The summed E-state index contributed by atoms with van der Waals surface area (Å²) >= 11 is 0. The van der Waals surface area contributed by atoms with Gasteiger partial charge in [-0.15, -0.1) is 0 Å². The lowest BCUT2D eigenvalue weighted by atomic mass is 10.1. The van der Waals surface area contributed by atoms with Gasteiger partial charge in [0.1, 0.15) is 17.3 Å². The van der Waals surface area contributed by atoms with Gasteiger partial charge in [0, 0.05) is 18.0 Å². The maximum absolute atomic E-state index is 9.05. The fourth-order valence-corrected chi connectivity index (χ4v) is 3.26. The summed E-state index contributed by atoms with van der Waals surface area (Å²) in [6.07, 6.45) is 4.96. The van der Waals surface area contributed by atoms with Crippen LogP contribution < -0.4 is 5.73 Å². The molecule has 0 amide bonds. The number of nitrogen functional groups attached to an aromatic ring is 1. The molecular weight excluding hydrogens is 260 g/mol. The molecule has 1 aliphatic carbocycles. The van der Waals surface area contributed by atoms with Crippen LogP contribution in [0.2, 0.25) is 0 Å². The molecule has 1 heterocycles. The summed E-state index contributed by atoms with van der Waals surface area (Å²) in [7, 11) is 0. The average Bonchev–Trinajstić information content (AvgIpc) is 3.14. The van der Waals surface area contributed by atoms with Crippen molar-refractivity contribution >= 4 is 5.82 Å². The third-order valence-electron chi connectivity index (χ3n) is 4.34. The van der Waals surface area contributed by atoms with E-state index < -0.39 is 0 Å². The lowest BCUT2D eigenvalue weighted by Gasteiger charge is -2.11. The highest BCUT2D eigenvalue weighted by Gasteiger charge is 2.25. The highest BCUT2D eigenvalue weighted by Crippen LogP contribution is 2.37. The van der Waals surface area contributed by atoms with E-state index in [1.807, 2.05) is 18.2 Å². The van der Waals surface area contributed by atoms with Gasteiger partial charge in [-0.3, -0.25) is 0 Å². The number of benzene rings is 1. The molecule has 4 heteroatoms. The van der Waals surface area contributed by atoms with Crippen molar-refractivity contribution in [3.05, 3.63) is 35.7 Å². The second kappa shape index (κ2) is 5.61. The lowest BCUT2D eigenvalue weighted by Crippen LogP contribution is -2.08. The van der Waals surface area contributed by atoms with E-state index in [2.05, 4.69) is 17.6 Å². The Morgan fingerprint density at radius 1 is 1.38 bits per heavy atom. The summed E-state index contributed by atoms with van der Waals surface area (Å²) in [5.41, 5.74) is 8.71. The zero-order valence-electron chi connectivity index (χ0n) is 12.3. The van der Waals surface area contributed by atoms with Gasteiger partial charge in [0.05, 0.1) is 11.6 Å². The monoisotopic (exact) mass is 280 g/mol. The number of rotatable bonds is 3. The summed E-state index contributed by atoms with van der Waals surface area (Å²) in [5, 5.41) is 9.05. The fraction of sp³-hybridized carbons (Fsp3) is 0.412. The van der Waals surface area contributed by atoms with Crippen molar-refractivity contribution in [1.29, 1.82) is 5.26 Å². The van der Waals surface area contributed by atoms with Crippen LogP contribution in [0, 0.1) is 11.3 Å². The molecule has 1 aromatic carbocycles. The Morgan fingerprint density at radius 3 is 2.81 bits per heavy atom. The number of hydrogen-bond donors (Lipinski definition) is 1. The van der Waals surface area contributed by atoms with Crippen LogP contribution >= 0.6 is 0 Å². The summed E-state index contributed by atoms with van der Waals surface area (Å²) in [6, 6.07) is 9.68. The molecule has 1 fully saturated rings. The first-order chi connectivity index (χ1) is 10.2. The topological polar surface area (TPSA) is 67.6 Å². The summed E-state index contributed by atoms with van der Waals surface area (Å²) < 4.78 is 2.13. The van der Waals surface area contributed by atoms with Crippen LogP contribution in [0.5, 0.6) is 0 Å². The first kappa shape index (κ1) is 13.7. The zero-order valence-corrected chi connectivity index (χ0v) is 12.3. The number of nitrogens with zero attached hydrogens (tertiary/aromatic N) is 3. The molecule has 3 rings (SSSR count). The smallest absolute Gasteiger partial charge is 0.131 e. The van der Waals surface area contributed by atoms with Crippen LogP contribution in [0.1, 0.15) is 49.9 Å². The quantitative estimate of drug-likeness (QED) is 0.932. The Bertz CT molecular complexity index is 687. The van der Waals surface area contributed by atoms with Gasteiger partial charge in [-0.2, -0.15) is 5.26 Å². The van der Waals surface area contributed by atoms with Gasteiger partial charge in [0.15, 0.2) is 0 Å². The number of hydrogen-bond acceptors (Lipinski definition) is 3. The molecule has 2 N–H and O–H groups in total. The zero-order chi connectivity index (χ0) is 14.8. The number of nitriles is 1. The predicted molar refractivity (Wildman–Crippen MR) is 83.7 cm³/mol. The van der Waals surface area contributed by atoms with Gasteiger partial charge in [0.2, 0.25) is 0 Å². The van der Waals surface area contributed by atoms with E-state index in [-0.39, 0.29) is 0 Å². The molecule has 0 atom stereocenters. The summed E-state index contributed by atoms with van der Waals surface area (Å²) in [6.45, 7) is 2.94. The molecule has 1 saturated carbocycles. The number of anilines is 1. The third kappa shape index (κ3) is 2.40. The minimum atomic E-state index is 0.528. The van der Waals surface area contributed by atoms with Gasteiger partial charge in [-0.05, 0) is 31.9 Å². The Labute approximate surface area is 125 Å². The summed E-state index contributed by atoms with van der Waals surface area (Å²) in [5.74, 6) is 2.36. The van der Waals surface area contributed by atoms with Crippen molar-refractivity contribution in [2.75, 3.05) is 5.73 Å². The largest absolute Gasteiger partial charge is 0.383 e. The minimum absolute atomic E-state index is 0.528. The van der Waals surface area contributed by atoms with Gasteiger partial charge >= 0.3 is 0 Å². The second-order valence-electron chi connectivity index (χ2n) is 5.62. The van der Waals surface area contributed by atoms with Gasteiger partial charge in [0.25, 0.3) is 0 Å². The maximum Gasteiger partial charge on any atom is 0.131 e. The predicted octanol–water partition coefficient (Wildman–Crippen LogP) is 3.68. The Hall–Kier alpha value is -2.28. The standard InChI is InChI=1S/C17H20N4/c1-2-21-16(19)15(14-9-5-6-12(10-14)11-18)20-17(21)13-7-3-4-8-13/h5-6,9-10,13H,2-4,7-8,19H2,1H3. The van der Waals surface area contributed by atoms with Crippen molar-refractivity contribution in [2.24, 2.45) is 0 Å². The van der Waals surface area contributed by atoms with Crippen LogP contribution in [0.15, 0.2) is 24.3 Å². The van der Waals surface area contributed by atoms with E-state index >= 15 is 0 Å². The molecule has 4 nitrogen and oxygen atoms in total. The first-order valence-corrected chi connectivity index (χ1v) is 7.61. The number of aromatic nitrogens is 2. The second-order valence-corrected chi connectivity index (χ2v) is 5.62. The minimum Gasteiger partial charge on any atom is -0.383 e. The Morgan fingerprint density at radius 2 is 2.14 bits per heavy atom. The van der Waals surface area contributed by atoms with Crippen LogP contribution in [-0.2, 0) is 6.54 Å². The molecule has 0 aliphatic heterocycles. The fourth-order valence-electron chi connectivity index (χ4n) is 3.26. The van der Waals surface area contributed by atoms with Crippen LogP contribution in [0.3, 0.4) is 0 Å². The molecule has 1 aliphatic rings. The number of imidazole rings is 1. The first-order valence-electron chi connectivity index (χ1n) is 7.61. The molecule has 0 unspecified atom stereocenters. The maximum atomic E-state index is 9.05. The summed E-state index contributed by atoms with van der Waals surface area (Å²) in [4.78, 5) is 4.84. The van der Waals surface area contributed by atoms with E-state index in [0.29, 0.717) is 11.5 Å². The molecule has 21 heavy (non-hydrogen) atoms. The van der Waals surface area contributed by atoms with E-state index in [4.69, 9.17) is 16.0 Å².